The van der Waals surface area contributed by atoms with Gasteiger partial charge in [-0.3, -0.25) is 0 Å². The highest BCUT2D eigenvalue weighted by molar-refractivity contribution is 9.10. The third kappa shape index (κ3) is 2.84. The van der Waals surface area contributed by atoms with E-state index in [4.69, 9.17) is 0 Å². The highest BCUT2D eigenvalue weighted by Gasteiger charge is 2.40. The molecule has 1 saturated carbocycles. The lowest BCUT2D eigenvalue weighted by atomic mass is 9.77. The van der Waals surface area contributed by atoms with Crippen molar-refractivity contribution in [2.24, 2.45) is 5.41 Å². The maximum Gasteiger partial charge on any atom is 0.145 e. The molecule has 0 amide bonds. The molecular formula is C15H20BrF2N. The first-order chi connectivity index (χ1) is 8.99. The van der Waals surface area contributed by atoms with Crippen molar-refractivity contribution < 1.29 is 8.78 Å². The number of hydrogen-bond donors (Lipinski definition) is 1. The minimum absolute atomic E-state index is 0.0709. The zero-order valence-corrected chi connectivity index (χ0v) is 13.0. The minimum Gasteiger partial charge on any atom is -0.310 e. The summed E-state index contributed by atoms with van der Waals surface area (Å²) in [5.41, 5.74) is 0.110. The Morgan fingerprint density at radius 2 is 1.95 bits per heavy atom. The van der Waals surface area contributed by atoms with Crippen molar-refractivity contribution in [1.29, 1.82) is 0 Å². The van der Waals surface area contributed by atoms with Crippen LogP contribution in [-0.2, 0) is 0 Å². The van der Waals surface area contributed by atoms with Gasteiger partial charge in [0.1, 0.15) is 11.6 Å². The van der Waals surface area contributed by atoms with Gasteiger partial charge in [0.15, 0.2) is 0 Å². The Bertz CT molecular complexity index is 456. The van der Waals surface area contributed by atoms with E-state index >= 15 is 0 Å². The summed E-state index contributed by atoms with van der Waals surface area (Å²) in [6.45, 7) is 4.80. The van der Waals surface area contributed by atoms with Crippen LogP contribution in [0, 0.1) is 17.0 Å². The van der Waals surface area contributed by atoms with E-state index in [9.17, 15) is 8.78 Å². The highest BCUT2D eigenvalue weighted by atomic mass is 79.9. The van der Waals surface area contributed by atoms with Crippen LogP contribution in [0.25, 0.3) is 0 Å². The third-order valence-corrected chi connectivity index (χ3v) is 4.83. The van der Waals surface area contributed by atoms with E-state index in [0.29, 0.717) is 11.0 Å². The van der Waals surface area contributed by atoms with E-state index in [2.05, 4.69) is 28.2 Å². The van der Waals surface area contributed by atoms with E-state index in [1.165, 1.54) is 12.1 Å². The summed E-state index contributed by atoms with van der Waals surface area (Å²) in [6.07, 6.45) is 4.29. The second kappa shape index (κ2) is 5.88. The first-order valence-corrected chi connectivity index (χ1v) is 7.65. The Kier molecular flexibility index (Phi) is 4.62. The molecule has 0 radical (unpaired) electrons. The van der Waals surface area contributed by atoms with Crippen LogP contribution in [-0.4, -0.2) is 6.54 Å². The van der Waals surface area contributed by atoms with Crippen molar-refractivity contribution in [3.05, 3.63) is 33.8 Å². The zero-order valence-electron chi connectivity index (χ0n) is 11.4. The summed E-state index contributed by atoms with van der Waals surface area (Å²) in [7, 11) is 0. The predicted molar refractivity (Wildman–Crippen MR) is 77.1 cm³/mol. The van der Waals surface area contributed by atoms with Crippen LogP contribution in [0.3, 0.4) is 0 Å². The Hall–Kier alpha value is -0.480. The summed E-state index contributed by atoms with van der Waals surface area (Å²) in [4.78, 5) is 0. The lowest BCUT2D eigenvalue weighted by Crippen LogP contribution is -2.35. The van der Waals surface area contributed by atoms with Gasteiger partial charge in [-0.2, -0.15) is 0 Å². The van der Waals surface area contributed by atoms with Gasteiger partial charge in [0.25, 0.3) is 0 Å². The Morgan fingerprint density at radius 1 is 1.32 bits per heavy atom. The standard InChI is InChI=1S/C15H20BrF2N/c1-3-19-14(15(2)8-4-5-9-15)12-11(17)7-6-10(16)13(12)18/h6-7,14,19H,3-5,8-9H2,1-2H3. The summed E-state index contributed by atoms with van der Waals surface area (Å²) >= 11 is 3.16. The van der Waals surface area contributed by atoms with Crippen molar-refractivity contribution in [2.45, 2.75) is 45.6 Å². The van der Waals surface area contributed by atoms with Gasteiger partial charge in [-0.25, -0.2) is 8.78 Å². The molecule has 0 saturated heterocycles. The smallest absolute Gasteiger partial charge is 0.145 e. The van der Waals surface area contributed by atoms with Crippen molar-refractivity contribution in [3.63, 3.8) is 0 Å². The average molecular weight is 332 g/mol. The Morgan fingerprint density at radius 3 is 2.53 bits per heavy atom. The molecule has 1 aliphatic carbocycles. The molecule has 1 aromatic carbocycles. The molecule has 1 nitrogen and oxygen atoms in total. The molecule has 1 unspecified atom stereocenters. The molecule has 4 heteroatoms. The Balaban J connectivity index is 2.47. The molecule has 0 aromatic heterocycles. The van der Waals surface area contributed by atoms with Crippen LogP contribution >= 0.6 is 15.9 Å². The molecule has 0 aliphatic heterocycles. The first kappa shape index (κ1) is 14.9. The summed E-state index contributed by atoms with van der Waals surface area (Å²) in [6, 6.07) is 2.50. The fraction of sp³-hybridized carbons (Fsp3) is 0.600. The van der Waals surface area contributed by atoms with Crippen LogP contribution in [0.15, 0.2) is 16.6 Å². The lowest BCUT2D eigenvalue weighted by molar-refractivity contribution is 0.216. The van der Waals surface area contributed by atoms with Crippen molar-refractivity contribution in [3.8, 4) is 0 Å². The molecule has 1 atom stereocenters. The fourth-order valence-corrected chi connectivity index (χ4v) is 3.53. The monoisotopic (exact) mass is 331 g/mol. The molecule has 1 aromatic rings. The Labute approximate surface area is 121 Å². The number of hydrogen-bond acceptors (Lipinski definition) is 1. The third-order valence-electron chi connectivity index (χ3n) is 4.22. The van der Waals surface area contributed by atoms with E-state index in [-0.39, 0.29) is 17.0 Å². The first-order valence-electron chi connectivity index (χ1n) is 6.86. The maximum absolute atomic E-state index is 14.3. The molecule has 2 rings (SSSR count). The summed E-state index contributed by atoms with van der Waals surface area (Å²) in [5.74, 6) is -0.932. The molecule has 0 spiro atoms. The maximum atomic E-state index is 14.3. The van der Waals surface area contributed by atoms with Crippen LogP contribution in [0.5, 0.6) is 0 Å². The SMILES string of the molecule is CCNC(c1c(F)ccc(Br)c1F)C1(C)CCCC1. The summed E-state index contributed by atoms with van der Waals surface area (Å²) in [5, 5.41) is 3.29. The van der Waals surface area contributed by atoms with Gasteiger partial charge >= 0.3 is 0 Å². The molecule has 19 heavy (non-hydrogen) atoms. The van der Waals surface area contributed by atoms with Gasteiger partial charge in [-0.1, -0.05) is 26.7 Å². The van der Waals surface area contributed by atoms with Gasteiger partial charge in [-0.15, -0.1) is 0 Å². The van der Waals surface area contributed by atoms with Crippen molar-refractivity contribution in [2.75, 3.05) is 6.54 Å². The van der Waals surface area contributed by atoms with Crippen molar-refractivity contribution >= 4 is 15.9 Å². The number of benzene rings is 1. The molecule has 106 valence electrons. The molecule has 0 heterocycles. The minimum atomic E-state index is -0.473. The van der Waals surface area contributed by atoms with Crippen LogP contribution in [0.1, 0.15) is 51.1 Å². The van der Waals surface area contributed by atoms with Gasteiger partial charge < -0.3 is 5.32 Å². The second-order valence-electron chi connectivity index (χ2n) is 5.61. The molecule has 1 fully saturated rings. The van der Waals surface area contributed by atoms with Crippen molar-refractivity contribution in [1.82, 2.24) is 5.32 Å². The second-order valence-corrected chi connectivity index (χ2v) is 6.46. The topological polar surface area (TPSA) is 12.0 Å². The molecule has 1 aliphatic rings. The number of rotatable bonds is 4. The quantitative estimate of drug-likeness (QED) is 0.769. The van der Waals surface area contributed by atoms with Crippen LogP contribution in [0.2, 0.25) is 0 Å². The largest absolute Gasteiger partial charge is 0.310 e. The highest BCUT2D eigenvalue weighted by Crippen LogP contribution is 2.48. The molecule has 0 bridgehead atoms. The van der Waals surface area contributed by atoms with E-state index < -0.39 is 11.6 Å². The van der Waals surface area contributed by atoms with Gasteiger partial charge in [-0.05, 0) is 52.9 Å². The van der Waals surface area contributed by atoms with E-state index in [0.717, 1.165) is 25.7 Å². The van der Waals surface area contributed by atoms with Gasteiger partial charge in [0.05, 0.1) is 4.47 Å². The van der Waals surface area contributed by atoms with Crippen LogP contribution in [0.4, 0.5) is 8.78 Å². The predicted octanol–water partition coefficient (Wildman–Crippen LogP) is 4.96. The number of halogens is 3. The molecule has 1 N–H and O–H groups in total. The van der Waals surface area contributed by atoms with Gasteiger partial charge in [0.2, 0.25) is 0 Å². The number of nitrogens with one attached hydrogen (secondary N) is 1. The van der Waals surface area contributed by atoms with Gasteiger partial charge in [0, 0.05) is 11.6 Å². The van der Waals surface area contributed by atoms with E-state index in [1.807, 2.05) is 6.92 Å². The normalized spacial score (nSPS) is 19.6. The fourth-order valence-electron chi connectivity index (χ4n) is 3.18. The van der Waals surface area contributed by atoms with E-state index in [1.54, 1.807) is 0 Å². The molecular weight excluding hydrogens is 312 g/mol. The lowest BCUT2D eigenvalue weighted by Gasteiger charge is -2.35. The zero-order chi connectivity index (χ0) is 14.0. The van der Waals surface area contributed by atoms with Crippen LogP contribution < -0.4 is 5.32 Å². The summed E-state index contributed by atoms with van der Waals surface area (Å²) < 4.78 is 28.8. The average Bonchev–Trinajstić information content (AvgIpc) is 2.81.